The summed E-state index contributed by atoms with van der Waals surface area (Å²) >= 11 is 7.72. The van der Waals surface area contributed by atoms with Gasteiger partial charge in [0.05, 0.1) is 24.2 Å². The van der Waals surface area contributed by atoms with Crippen LogP contribution in [-0.2, 0) is 15.3 Å². The van der Waals surface area contributed by atoms with Crippen molar-refractivity contribution in [3.63, 3.8) is 0 Å². The van der Waals surface area contributed by atoms with Crippen LogP contribution in [0.3, 0.4) is 0 Å². The Morgan fingerprint density at radius 1 is 1.53 bits per heavy atom. The number of ether oxygens (including phenoxy) is 1. The van der Waals surface area contributed by atoms with Gasteiger partial charge < -0.3 is 10.5 Å². The van der Waals surface area contributed by atoms with Crippen molar-refractivity contribution in [1.29, 1.82) is 0 Å². The lowest BCUT2D eigenvalue weighted by atomic mass is 10.1. The first-order chi connectivity index (χ1) is 9.04. The molecule has 2 rings (SSSR count). The summed E-state index contributed by atoms with van der Waals surface area (Å²) in [5.74, 6) is 1.78. The first kappa shape index (κ1) is 14.5. The van der Waals surface area contributed by atoms with Crippen LogP contribution in [0.5, 0.6) is 0 Å². The molecular weight excluding hydrogens is 282 g/mol. The van der Waals surface area contributed by atoms with Crippen LogP contribution in [0.2, 0.25) is 5.02 Å². The number of thioether (sulfide) groups is 1. The number of carbonyl (C=O) groups excluding carboxylic acids is 1. The molecule has 1 aliphatic carbocycles. The van der Waals surface area contributed by atoms with E-state index in [-0.39, 0.29) is 11.4 Å². The van der Waals surface area contributed by atoms with Gasteiger partial charge in [0.25, 0.3) is 0 Å². The van der Waals surface area contributed by atoms with Gasteiger partial charge in [-0.25, -0.2) is 0 Å². The van der Waals surface area contributed by atoms with Crippen molar-refractivity contribution in [2.75, 3.05) is 18.6 Å². The number of nitrogens with two attached hydrogens (primary N) is 1. The molecule has 5 heteroatoms. The highest BCUT2D eigenvalue weighted by Gasteiger charge is 2.44. The Hall–Kier alpha value is -0.870. The van der Waals surface area contributed by atoms with Crippen LogP contribution in [0.25, 0.3) is 0 Å². The van der Waals surface area contributed by atoms with Crippen LogP contribution < -0.4 is 5.73 Å². The minimum atomic E-state index is -0.103. The molecule has 1 aromatic rings. The highest BCUT2D eigenvalue weighted by atomic mass is 35.5. The second kappa shape index (κ2) is 6.06. The molecule has 0 bridgehead atoms. The Labute approximate surface area is 122 Å². The summed E-state index contributed by atoms with van der Waals surface area (Å²) in [5.41, 5.74) is 7.74. The number of hydrogen-bond acceptors (Lipinski definition) is 4. The average molecular weight is 300 g/mol. The highest BCUT2D eigenvalue weighted by Crippen LogP contribution is 2.51. The van der Waals surface area contributed by atoms with Crippen molar-refractivity contribution in [3.05, 3.63) is 28.8 Å². The van der Waals surface area contributed by atoms with Crippen molar-refractivity contribution in [2.45, 2.75) is 25.0 Å². The molecule has 1 saturated carbocycles. The molecule has 0 unspecified atom stereocenters. The quantitative estimate of drug-likeness (QED) is 0.645. The molecule has 0 aliphatic heterocycles. The molecule has 0 radical (unpaired) electrons. The maximum Gasteiger partial charge on any atom is 0.306 e. The molecule has 1 fully saturated rings. The molecule has 1 aliphatic rings. The predicted octanol–water partition coefficient (Wildman–Crippen LogP) is 3.50. The number of esters is 1. The maximum absolute atomic E-state index is 11.3. The van der Waals surface area contributed by atoms with E-state index in [9.17, 15) is 4.79 Å². The molecule has 3 nitrogen and oxygen atoms in total. The van der Waals surface area contributed by atoms with Crippen LogP contribution in [0.15, 0.2) is 18.2 Å². The van der Waals surface area contributed by atoms with Gasteiger partial charge >= 0.3 is 5.97 Å². The summed E-state index contributed by atoms with van der Waals surface area (Å²) < 4.78 is 4.74. The van der Waals surface area contributed by atoms with Gasteiger partial charge in [0.2, 0.25) is 0 Å². The summed E-state index contributed by atoms with van der Waals surface area (Å²) in [6.07, 6.45) is 2.79. The Morgan fingerprint density at radius 3 is 2.84 bits per heavy atom. The van der Waals surface area contributed by atoms with E-state index in [1.165, 1.54) is 12.7 Å². The van der Waals surface area contributed by atoms with Crippen LogP contribution in [0, 0.1) is 5.41 Å². The first-order valence-corrected chi connectivity index (χ1v) is 7.76. The Bertz CT molecular complexity index is 475. The molecule has 0 atom stereocenters. The molecule has 0 amide bonds. The van der Waals surface area contributed by atoms with Gasteiger partial charge in [0, 0.05) is 5.75 Å². The number of carbonyl (C=O) groups is 1. The topological polar surface area (TPSA) is 52.3 Å². The van der Waals surface area contributed by atoms with Gasteiger partial charge in [-0.3, -0.25) is 4.79 Å². The smallest absolute Gasteiger partial charge is 0.306 e. The molecule has 0 heterocycles. The number of nitrogen functional groups attached to an aromatic ring is 1. The van der Waals surface area contributed by atoms with Gasteiger partial charge in [-0.05, 0) is 41.7 Å². The normalized spacial score (nSPS) is 16.1. The van der Waals surface area contributed by atoms with E-state index >= 15 is 0 Å². The fourth-order valence-electron chi connectivity index (χ4n) is 2.00. The second-order valence-corrected chi connectivity index (χ2v) is 6.49. The molecule has 19 heavy (non-hydrogen) atoms. The molecule has 0 spiro atoms. The number of hydrogen-bond donors (Lipinski definition) is 1. The Kier molecular flexibility index (Phi) is 4.63. The monoisotopic (exact) mass is 299 g/mol. The van der Waals surface area contributed by atoms with Crippen molar-refractivity contribution >= 4 is 35.0 Å². The Balaban J connectivity index is 1.80. The van der Waals surface area contributed by atoms with Crippen molar-refractivity contribution in [1.82, 2.24) is 0 Å². The summed E-state index contributed by atoms with van der Waals surface area (Å²) in [7, 11) is 1.45. The molecular formula is C14H18ClNO2S. The lowest BCUT2D eigenvalue weighted by Gasteiger charge is -2.13. The SMILES string of the molecule is COC(=O)CC1(CSCc2ccc(Cl)c(N)c2)CC1. The lowest BCUT2D eigenvalue weighted by Crippen LogP contribution is -2.13. The van der Waals surface area contributed by atoms with E-state index in [1.807, 2.05) is 30.0 Å². The summed E-state index contributed by atoms with van der Waals surface area (Å²) in [6.45, 7) is 0. The van der Waals surface area contributed by atoms with Crippen LogP contribution in [-0.4, -0.2) is 18.8 Å². The average Bonchev–Trinajstić information content (AvgIpc) is 3.13. The Morgan fingerprint density at radius 2 is 2.26 bits per heavy atom. The van der Waals surface area contributed by atoms with Crippen LogP contribution in [0.4, 0.5) is 5.69 Å². The number of rotatable bonds is 6. The number of benzene rings is 1. The largest absolute Gasteiger partial charge is 0.469 e. The summed E-state index contributed by atoms with van der Waals surface area (Å²) in [4.78, 5) is 11.3. The second-order valence-electron chi connectivity index (χ2n) is 5.10. The molecule has 2 N–H and O–H groups in total. The number of halogens is 1. The van der Waals surface area contributed by atoms with Gasteiger partial charge in [-0.2, -0.15) is 11.8 Å². The van der Waals surface area contributed by atoms with Crippen LogP contribution >= 0.6 is 23.4 Å². The minimum absolute atomic E-state index is 0.103. The van der Waals surface area contributed by atoms with Crippen LogP contribution in [0.1, 0.15) is 24.8 Å². The molecule has 0 aromatic heterocycles. The fourth-order valence-corrected chi connectivity index (χ4v) is 3.45. The van der Waals surface area contributed by atoms with Gasteiger partial charge in [-0.1, -0.05) is 17.7 Å². The van der Waals surface area contributed by atoms with Gasteiger partial charge in [-0.15, -0.1) is 0 Å². The highest BCUT2D eigenvalue weighted by molar-refractivity contribution is 7.98. The van der Waals surface area contributed by atoms with Crippen molar-refractivity contribution in [3.8, 4) is 0 Å². The zero-order valence-corrected chi connectivity index (χ0v) is 12.5. The van der Waals surface area contributed by atoms with E-state index in [0.717, 1.165) is 24.3 Å². The lowest BCUT2D eigenvalue weighted by molar-refractivity contribution is -0.141. The molecule has 104 valence electrons. The minimum Gasteiger partial charge on any atom is -0.469 e. The summed E-state index contributed by atoms with van der Waals surface area (Å²) in [5, 5.41) is 0.595. The third-order valence-corrected chi connectivity index (χ3v) is 5.14. The first-order valence-electron chi connectivity index (χ1n) is 6.23. The predicted molar refractivity (Wildman–Crippen MR) is 80.3 cm³/mol. The zero-order valence-electron chi connectivity index (χ0n) is 10.9. The van der Waals surface area contributed by atoms with Crippen molar-refractivity contribution in [2.24, 2.45) is 5.41 Å². The standard InChI is InChI=1S/C14H18ClNO2S/c1-18-13(17)7-14(4-5-14)9-19-8-10-2-3-11(15)12(16)6-10/h2-3,6H,4-5,7-9,16H2,1H3. The summed E-state index contributed by atoms with van der Waals surface area (Å²) in [6, 6.07) is 5.73. The zero-order chi connectivity index (χ0) is 13.9. The third kappa shape index (κ3) is 4.05. The number of methoxy groups -OCH3 is 1. The fraction of sp³-hybridized carbons (Fsp3) is 0.500. The van der Waals surface area contributed by atoms with E-state index in [1.54, 1.807) is 0 Å². The van der Waals surface area contributed by atoms with Gasteiger partial charge in [0.15, 0.2) is 0 Å². The van der Waals surface area contributed by atoms with Crippen molar-refractivity contribution < 1.29 is 9.53 Å². The number of anilines is 1. The molecule has 0 saturated heterocycles. The van der Waals surface area contributed by atoms with E-state index in [4.69, 9.17) is 22.1 Å². The maximum atomic E-state index is 11.3. The van der Waals surface area contributed by atoms with E-state index in [0.29, 0.717) is 17.1 Å². The van der Waals surface area contributed by atoms with E-state index < -0.39 is 0 Å². The van der Waals surface area contributed by atoms with E-state index in [2.05, 4.69) is 0 Å². The molecule has 1 aromatic carbocycles. The van der Waals surface area contributed by atoms with Gasteiger partial charge in [0.1, 0.15) is 0 Å². The third-order valence-electron chi connectivity index (χ3n) is 3.44.